The molecular weight excluding hydrogens is 264 g/mol. The molecule has 6 nitrogen and oxygen atoms in total. The summed E-state index contributed by atoms with van der Waals surface area (Å²) in [6, 6.07) is -0.619. The van der Waals surface area contributed by atoms with Gasteiger partial charge >= 0.3 is 0 Å². The highest BCUT2D eigenvalue weighted by atomic mass is 32.2. The summed E-state index contributed by atoms with van der Waals surface area (Å²) in [5.41, 5.74) is 0. The Morgan fingerprint density at radius 2 is 2.12 bits per heavy atom. The SMILES string of the molecule is O=S1(=O)C=CC(NS(=O)(=O)C2CCCNC2)C1. The summed E-state index contributed by atoms with van der Waals surface area (Å²) in [5, 5.41) is 3.63. The molecule has 0 aromatic rings. The lowest BCUT2D eigenvalue weighted by Crippen LogP contribution is -2.47. The van der Waals surface area contributed by atoms with E-state index in [4.69, 9.17) is 0 Å². The van der Waals surface area contributed by atoms with Crippen LogP contribution < -0.4 is 10.0 Å². The van der Waals surface area contributed by atoms with Crippen LogP contribution in [-0.4, -0.2) is 47.0 Å². The zero-order valence-electron chi connectivity index (χ0n) is 9.29. The zero-order valence-corrected chi connectivity index (χ0v) is 10.9. The van der Waals surface area contributed by atoms with Crippen LogP contribution >= 0.6 is 0 Å². The first kappa shape index (κ1) is 13.0. The first-order valence-corrected chi connectivity index (χ1v) is 8.78. The molecule has 0 bridgehead atoms. The van der Waals surface area contributed by atoms with E-state index in [9.17, 15) is 16.8 Å². The van der Waals surface area contributed by atoms with Gasteiger partial charge < -0.3 is 5.32 Å². The molecule has 1 fully saturated rings. The Bertz CT molecular complexity index is 503. The zero-order chi connectivity index (χ0) is 12.5. The number of piperidine rings is 1. The molecule has 1 saturated heterocycles. The molecule has 17 heavy (non-hydrogen) atoms. The Balaban J connectivity index is 2.01. The summed E-state index contributed by atoms with van der Waals surface area (Å²) < 4.78 is 48.7. The highest BCUT2D eigenvalue weighted by Gasteiger charge is 2.31. The highest BCUT2D eigenvalue weighted by molar-refractivity contribution is 7.94. The molecule has 0 spiro atoms. The van der Waals surface area contributed by atoms with Gasteiger partial charge in [0.1, 0.15) is 0 Å². The highest BCUT2D eigenvalue weighted by Crippen LogP contribution is 2.14. The van der Waals surface area contributed by atoms with Gasteiger partial charge in [0.2, 0.25) is 10.0 Å². The molecule has 0 radical (unpaired) electrons. The van der Waals surface area contributed by atoms with Crippen LogP contribution in [0.2, 0.25) is 0 Å². The second kappa shape index (κ2) is 4.68. The fourth-order valence-electron chi connectivity index (χ4n) is 2.04. The summed E-state index contributed by atoms with van der Waals surface area (Å²) >= 11 is 0. The van der Waals surface area contributed by atoms with E-state index >= 15 is 0 Å². The third kappa shape index (κ3) is 3.27. The van der Waals surface area contributed by atoms with Crippen LogP contribution in [0, 0.1) is 0 Å². The van der Waals surface area contributed by atoms with Gasteiger partial charge in [-0.3, -0.25) is 0 Å². The van der Waals surface area contributed by atoms with Gasteiger partial charge in [-0.2, -0.15) is 0 Å². The van der Waals surface area contributed by atoms with Crippen LogP contribution in [0.3, 0.4) is 0 Å². The number of sulfone groups is 1. The topological polar surface area (TPSA) is 92.3 Å². The third-order valence-electron chi connectivity index (χ3n) is 2.94. The lowest BCUT2D eigenvalue weighted by atomic mass is 10.2. The summed E-state index contributed by atoms with van der Waals surface area (Å²) in [5.74, 6) is -0.174. The van der Waals surface area contributed by atoms with Gasteiger partial charge in [-0.25, -0.2) is 21.6 Å². The molecule has 0 saturated carbocycles. The molecule has 0 aliphatic carbocycles. The smallest absolute Gasteiger partial charge is 0.216 e. The maximum Gasteiger partial charge on any atom is 0.216 e. The first-order chi connectivity index (χ1) is 7.89. The van der Waals surface area contributed by atoms with Crippen LogP contribution in [0.4, 0.5) is 0 Å². The number of sulfonamides is 1. The van der Waals surface area contributed by atoms with Crippen LogP contribution in [-0.2, 0) is 19.9 Å². The molecule has 0 amide bonds. The van der Waals surface area contributed by atoms with E-state index in [-0.39, 0.29) is 5.75 Å². The fourth-order valence-corrected chi connectivity index (χ4v) is 4.97. The second-order valence-electron chi connectivity index (χ2n) is 4.40. The van der Waals surface area contributed by atoms with E-state index in [1.165, 1.54) is 6.08 Å². The summed E-state index contributed by atoms with van der Waals surface area (Å²) in [6.45, 7) is 1.27. The molecule has 0 aromatic heterocycles. The van der Waals surface area contributed by atoms with Crippen LogP contribution in [0.25, 0.3) is 0 Å². The molecule has 2 rings (SSSR count). The van der Waals surface area contributed by atoms with E-state index in [0.717, 1.165) is 18.4 Å². The molecule has 98 valence electrons. The standard InChI is InChI=1S/C9H16N2O4S2/c12-16(13)5-3-8(7-16)11-17(14,15)9-2-1-4-10-6-9/h3,5,8-11H,1-2,4,6-7H2. The lowest BCUT2D eigenvalue weighted by molar-refractivity contribution is 0.488. The molecule has 2 heterocycles. The molecule has 2 N–H and O–H groups in total. The lowest BCUT2D eigenvalue weighted by Gasteiger charge is -2.24. The maximum atomic E-state index is 12.0. The molecule has 0 aromatic carbocycles. The predicted octanol–water partition coefficient (Wildman–Crippen LogP) is -1.03. The Kier molecular flexibility index (Phi) is 3.58. The summed E-state index contributed by atoms with van der Waals surface area (Å²) in [7, 11) is -6.67. The van der Waals surface area contributed by atoms with Gasteiger partial charge in [0, 0.05) is 12.0 Å². The fraction of sp³-hybridized carbons (Fsp3) is 0.778. The Hall–Kier alpha value is -0.440. The third-order valence-corrected chi connectivity index (χ3v) is 6.24. The first-order valence-electron chi connectivity index (χ1n) is 5.52. The van der Waals surface area contributed by atoms with Crippen molar-refractivity contribution in [1.29, 1.82) is 0 Å². The second-order valence-corrected chi connectivity index (χ2v) is 8.32. The van der Waals surface area contributed by atoms with E-state index < -0.39 is 31.2 Å². The molecule has 2 atom stereocenters. The molecule has 2 aliphatic heterocycles. The van der Waals surface area contributed by atoms with Gasteiger partial charge in [-0.1, -0.05) is 6.08 Å². The molecular formula is C9H16N2O4S2. The minimum Gasteiger partial charge on any atom is -0.315 e. The average molecular weight is 280 g/mol. The Labute approximate surface area is 101 Å². The molecule has 8 heteroatoms. The van der Waals surface area contributed by atoms with Crippen molar-refractivity contribution in [3.63, 3.8) is 0 Å². The average Bonchev–Trinajstić information content (AvgIpc) is 2.58. The number of hydrogen-bond donors (Lipinski definition) is 2. The molecule has 2 unspecified atom stereocenters. The van der Waals surface area contributed by atoms with Gasteiger partial charge in [0.15, 0.2) is 9.84 Å². The van der Waals surface area contributed by atoms with Crippen LogP contribution in [0.15, 0.2) is 11.5 Å². The number of rotatable bonds is 3. The van der Waals surface area contributed by atoms with E-state index in [0.29, 0.717) is 13.0 Å². The van der Waals surface area contributed by atoms with Gasteiger partial charge in [0.05, 0.1) is 17.0 Å². The predicted molar refractivity (Wildman–Crippen MR) is 64.7 cm³/mol. The van der Waals surface area contributed by atoms with Gasteiger partial charge in [0.25, 0.3) is 0 Å². The number of nitrogens with one attached hydrogen (secondary N) is 2. The van der Waals surface area contributed by atoms with Crippen molar-refractivity contribution in [2.75, 3.05) is 18.8 Å². The van der Waals surface area contributed by atoms with Crippen molar-refractivity contribution < 1.29 is 16.8 Å². The van der Waals surface area contributed by atoms with E-state index in [1.54, 1.807) is 0 Å². The minimum atomic E-state index is -3.45. The van der Waals surface area contributed by atoms with Crippen molar-refractivity contribution in [2.45, 2.75) is 24.1 Å². The quantitative estimate of drug-likeness (QED) is 0.689. The van der Waals surface area contributed by atoms with Crippen LogP contribution in [0.1, 0.15) is 12.8 Å². The van der Waals surface area contributed by atoms with Gasteiger partial charge in [-0.15, -0.1) is 0 Å². The summed E-state index contributed by atoms with van der Waals surface area (Å²) in [4.78, 5) is 0. The molecule has 2 aliphatic rings. The van der Waals surface area contributed by atoms with Crippen molar-refractivity contribution in [3.05, 3.63) is 11.5 Å². The van der Waals surface area contributed by atoms with Crippen molar-refractivity contribution >= 4 is 19.9 Å². The van der Waals surface area contributed by atoms with E-state index in [2.05, 4.69) is 10.0 Å². The van der Waals surface area contributed by atoms with Crippen molar-refractivity contribution in [2.24, 2.45) is 0 Å². The largest absolute Gasteiger partial charge is 0.315 e. The van der Waals surface area contributed by atoms with Gasteiger partial charge in [-0.05, 0) is 19.4 Å². The van der Waals surface area contributed by atoms with Crippen molar-refractivity contribution in [3.8, 4) is 0 Å². The normalized spacial score (nSPS) is 32.7. The minimum absolute atomic E-state index is 0.174. The van der Waals surface area contributed by atoms with Crippen molar-refractivity contribution in [1.82, 2.24) is 10.0 Å². The Morgan fingerprint density at radius 3 is 2.65 bits per heavy atom. The number of hydrogen-bond acceptors (Lipinski definition) is 5. The summed E-state index contributed by atoms with van der Waals surface area (Å²) in [6.07, 6.45) is 2.83. The van der Waals surface area contributed by atoms with Crippen LogP contribution in [0.5, 0.6) is 0 Å². The monoisotopic (exact) mass is 280 g/mol. The van der Waals surface area contributed by atoms with E-state index in [1.807, 2.05) is 0 Å². The Morgan fingerprint density at radius 1 is 1.35 bits per heavy atom. The maximum absolute atomic E-state index is 12.0.